The molecule has 0 aliphatic carbocycles. The van der Waals surface area contributed by atoms with E-state index in [0.29, 0.717) is 17.2 Å². The van der Waals surface area contributed by atoms with Gasteiger partial charge in [0.05, 0.1) is 22.3 Å². The van der Waals surface area contributed by atoms with Gasteiger partial charge in [-0.15, -0.1) is 0 Å². The van der Waals surface area contributed by atoms with Gasteiger partial charge in [-0.3, -0.25) is 4.79 Å². The number of benzene rings is 2. The number of halogens is 1. The lowest BCUT2D eigenvalue weighted by Crippen LogP contribution is -2.32. The summed E-state index contributed by atoms with van der Waals surface area (Å²) >= 11 is 5.98. The number of sulfone groups is 1. The van der Waals surface area contributed by atoms with Crippen LogP contribution in [0.15, 0.2) is 41.3 Å². The summed E-state index contributed by atoms with van der Waals surface area (Å²) < 4.78 is 29.6. The lowest BCUT2D eigenvalue weighted by atomic mass is 9.96. The van der Waals surface area contributed by atoms with Gasteiger partial charge in [-0.05, 0) is 48.4 Å². The Balaban J connectivity index is 1.79. The summed E-state index contributed by atoms with van der Waals surface area (Å²) in [6, 6.07) is 9.06. The molecule has 138 valence electrons. The number of aromatic hydroxyl groups is 1. The fourth-order valence-electron chi connectivity index (χ4n) is 2.74. The van der Waals surface area contributed by atoms with Gasteiger partial charge in [-0.25, -0.2) is 8.42 Å². The van der Waals surface area contributed by atoms with Gasteiger partial charge < -0.3 is 15.2 Å². The first kappa shape index (κ1) is 18.5. The molecule has 1 aliphatic rings. The van der Waals surface area contributed by atoms with Gasteiger partial charge in [0, 0.05) is 5.02 Å². The van der Waals surface area contributed by atoms with E-state index in [1.165, 1.54) is 25.1 Å². The van der Waals surface area contributed by atoms with Crippen LogP contribution in [0.25, 0.3) is 0 Å². The lowest BCUT2D eigenvalue weighted by Gasteiger charge is -2.25. The van der Waals surface area contributed by atoms with Crippen LogP contribution in [0.3, 0.4) is 0 Å². The smallest absolute Gasteiger partial charge is 0.231 e. The first-order valence-electron chi connectivity index (χ1n) is 8.08. The molecule has 0 aromatic heterocycles. The van der Waals surface area contributed by atoms with Gasteiger partial charge in [0.15, 0.2) is 9.84 Å². The van der Waals surface area contributed by atoms with Crippen LogP contribution in [0, 0.1) is 5.92 Å². The molecular weight excluding hydrogens is 378 g/mol. The first-order valence-corrected chi connectivity index (χ1v) is 10.1. The number of carbonyl (C=O) groups excluding carboxylic acids is 1. The van der Waals surface area contributed by atoms with E-state index in [9.17, 15) is 18.3 Å². The molecule has 2 N–H and O–H groups in total. The van der Waals surface area contributed by atoms with E-state index < -0.39 is 15.8 Å². The van der Waals surface area contributed by atoms with Gasteiger partial charge in [0.25, 0.3) is 0 Å². The third kappa shape index (κ3) is 3.78. The fourth-order valence-corrected chi connectivity index (χ4v) is 3.84. The molecule has 1 aliphatic heterocycles. The van der Waals surface area contributed by atoms with Crippen LogP contribution >= 0.6 is 11.6 Å². The number of hydrogen-bond acceptors (Lipinski definition) is 5. The Kier molecular flexibility index (Phi) is 5.11. The van der Waals surface area contributed by atoms with Crippen molar-refractivity contribution in [1.29, 1.82) is 0 Å². The Hall–Kier alpha value is -2.25. The van der Waals surface area contributed by atoms with Crippen LogP contribution in [0.1, 0.15) is 12.5 Å². The normalized spacial score (nSPS) is 16.5. The molecule has 2 aromatic rings. The van der Waals surface area contributed by atoms with E-state index in [-0.39, 0.29) is 34.6 Å². The molecule has 6 nitrogen and oxygen atoms in total. The minimum absolute atomic E-state index is 0.0464. The number of phenolic OH excluding ortho intramolecular Hbond substituents is 1. The molecule has 0 radical (unpaired) electrons. The average Bonchev–Trinajstić information content (AvgIpc) is 2.62. The molecule has 0 fully saturated rings. The quantitative estimate of drug-likeness (QED) is 0.776. The van der Waals surface area contributed by atoms with E-state index in [1.54, 1.807) is 18.2 Å². The van der Waals surface area contributed by atoms with E-state index in [0.717, 1.165) is 5.56 Å². The van der Waals surface area contributed by atoms with Crippen molar-refractivity contribution >= 4 is 33.0 Å². The standard InChI is InChI=1S/C18H18ClNO5S/c1-2-26(23,24)14-4-5-16(21)15(9-14)20-18(22)12-7-11-8-13(19)3-6-17(11)25-10-12/h3-6,8-9,12,21H,2,7,10H2,1H3,(H,20,22). The summed E-state index contributed by atoms with van der Waals surface area (Å²) in [5.74, 6) is -0.422. The summed E-state index contributed by atoms with van der Waals surface area (Å²) in [7, 11) is -3.44. The van der Waals surface area contributed by atoms with Gasteiger partial charge in [0.1, 0.15) is 18.1 Å². The van der Waals surface area contributed by atoms with Gasteiger partial charge in [0.2, 0.25) is 5.91 Å². The van der Waals surface area contributed by atoms with Crippen molar-refractivity contribution in [3.63, 3.8) is 0 Å². The summed E-state index contributed by atoms with van der Waals surface area (Å²) in [5, 5.41) is 13.1. The SMILES string of the molecule is CCS(=O)(=O)c1ccc(O)c(NC(=O)C2COc3ccc(Cl)cc3C2)c1. The van der Waals surface area contributed by atoms with Crippen LogP contribution in [0.4, 0.5) is 5.69 Å². The monoisotopic (exact) mass is 395 g/mol. The molecule has 1 unspecified atom stereocenters. The second-order valence-corrected chi connectivity index (χ2v) is 8.75. The Bertz CT molecular complexity index is 958. The number of amides is 1. The Morgan fingerprint density at radius 1 is 1.31 bits per heavy atom. The van der Waals surface area contributed by atoms with Gasteiger partial charge >= 0.3 is 0 Å². The van der Waals surface area contributed by atoms with Crippen molar-refractivity contribution in [1.82, 2.24) is 0 Å². The van der Waals surface area contributed by atoms with Crippen molar-refractivity contribution in [3.05, 3.63) is 47.0 Å². The molecule has 26 heavy (non-hydrogen) atoms. The van der Waals surface area contributed by atoms with E-state index >= 15 is 0 Å². The predicted octanol–water partition coefficient (Wildman–Crippen LogP) is 3.03. The zero-order valence-corrected chi connectivity index (χ0v) is 15.6. The number of fused-ring (bicyclic) bond motifs is 1. The summed E-state index contributed by atoms with van der Waals surface area (Å²) in [6.45, 7) is 1.72. The van der Waals surface area contributed by atoms with Crippen LogP contribution in [0.2, 0.25) is 5.02 Å². The number of hydrogen-bond donors (Lipinski definition) is 2. The lowest BCUT2D eigenvalue weighted by molar-refractivity contribution is -0.121. The van der Waals surface area contributed by atoms with E-state index in [2.05, 4.69) is 5.32 Å². The molecule has 1 atom stereocenters. The molecule has 2 aromatic carbocycles. The predicted molar refractivity (Wildman–Crippen MR) is 98.6 cm³/mol. The van der Waals surface area contributed by atoms with E-state index in [1.807, 2.05) is 0 Å². The molecule has 0 spiro atoms. The molecule has 0 saturated heterocycles. The summed E-state index contributed by atoms with van der Waals surface area (Å²) in [5.41, 5.74) is 0.886. The minimum atomic E-state index is -3.44. The van der Waals surface area contributed by atoms with E-state index in [4.69, 9.17) is 16.3 Å². The molecule has 8 heteroatoms. The summed E-state index contributed by atoms with van der Waals surface area (Å²) in [4.78, 5) is 12.6. The highest BCUT2D eigenvalue weighted by molar-refractivity contribution is 7.91. The van der Waals surface area contributed by atoms with Crippen LogP contribution in [-0.4, -0.2) is 31.8 Å². The zero-order valence-electron chi connectivity index (χ0n) is 14.0. The Labute approximate surface area is 156 Å². The molecule has 1 heterocycles. The highest BCUT2D eigenvalue weighted by Crippen LogP contribution is 2.32. The molecule has 0 saturated carbocycles. The highest BCUT2D eigenvalue weighted by Gasteiger charge is 2.27. The van der Waals surface area contributed by atoms with Crippen molar-refractivity contribution in [2.45, 2.75) is 18.2 Å². The number of carbonyl (C=O) groups is 1. The number of phenols is 1. The number of anilines is 1. The third-order valence-corrected chi connectivity index (χ3v) is 6.23. The number of ether oxygens (including phenoxy) is 1. The maximum atomic E-state index is 12.6. The minimum Gasteiger partial charge on any atom is -0.506 e. The Morgan fingerprint density at radius 2 is 2.08 bits per heavy atom. The molecular formula is C18H18ClNO5S. The number of nitrogens with one attached hydrogen (secondary N) is 1. The van der Waals surface area contributed by atoms with Crippen molar-refractivity contribution in [2.24, 2.45) is 5.92 Å². The second-order valence-electron chi connectivity index (χ2n) is 6.04. The van der Waals surface area contributed by atoms with Gasteiger partial charge in [-0.1, -0.05) is 18.5 Å². The van der Waals surface area contributed by atoms with Crippen LogP contribution < -0.4 is 10.1 Å². The van der Waals surface area contributed by atoms with Crippen LogP contribution in [0.5, 0.6) is 11.5 Å². The Morgan fingerprint density at radius 3 is 2.81 bits per heavy atom. The van der Waals surface area contributed by atoms with Crippen LogP contribution in [-0.2, 0) is 21.1 Å². The largest absolute Gasteiger partial charge is 0.506 e. The topological polar surface area (TPSA) is 92.7 Å². The molecule has 0 bridgehead atoms. The van der Waals surface area contributed by atoms with Gasteiger partial charge in [-0.2, -0.15) is 0 Å². The maximum absolute atomic E-state index is 12.6. The average molecular weight is 396 g/mol. The van der Waals surface area contributed by atoms with Crippen molar-refractivity contribution in [2.75, 3.05) is 17.7 Å². The summed E-state index contributed by atoms with van der Waals surface area (Å²) in [6.07, 6.45) is 0.440. The zero-order chi connectivity index (χ0) is 18.9. The second kappa shape index (κ2) is 7.17. The molecule has 1 amide bonds. The van der Waals surface area contributed by atoms with Crippen molar-refractivity contribution in [3.8, 4) is 11.5 Å². The fraction of sp³-hybridized carbons (Fsp3) is 0.278. The van der Waals surface area contributed by atoms with Crippen molar-refractivity contribution < 1.29 is 23.1 Å². The first-order chi connectivity index (χ1) is 12.3. The maximum Gasteiger partial charge on any atom is 0.231 e. The molecule has 3 rings (SSSR count). The highest BCUT2D eigenvalue weighted by atomic mass is 35.5. The third-order valence-electron chi connectivity index (χ3n) is 4.26. The number of rotatable bonds is 4.